The van der Waals surface area contributed by atoms with E-state index in [0.29, 0.717) is 10.6 Å². The first-order chi connectivity index (χ1) is 10.5. The number of rotatable bonds is 2. The van der Waals surface area contributed by atoms with E-state index in [1.807, 2.05) is 0 Å². The molecule has 0 aliphatic carbocycles. The number of nitrogens with zero attached hydrogens (tertiary/aromatic N) is 1. The standard InChI is InChI=1S/C14H13F6NO2/c1-23-10-4-2-9(3-5-10)11(22)21-7-6-12(8-21,13(15,16)17)14(18,19)20/h2-5H,6-8H2,1H3. The van der Waals surface area contributed by atoms with Gasteiger partial charge in [0.05, 0.1) is 7.11 Å². The molecule has 0 unspecified atom stereocenters. The molecule has 0 spiro atoms. The Balaban J connectivity index is 2.25. The van der Waals surface area contributed by atoms with Gasteiger partial charge in [0.2, 0.25) is 0 Å². The summed E-state index contributed by atoms with van der Waals surface area (Å²) in [6, 6.07) is 5.40. The van der Waals surface area contributed by atoms with Crippen LogP contribution in [0.5, 0.6) is 5.75 Å². The number of carbonyl (C=O) groups is 1. The molecule has 0 atom stereocenters. The fourth-order valence-electron chi connectivity index (χ4n) is 2.52. The van der Waals surface area contributed by atoms with Crippen LogP contribution in [-0.2, 0) is 0 Å². The zero-order valence-electron chi connectivity index (χ0n) is 12.0. The van der Waals surface area contributed by atoms with Crippen LogP contribution in [0.3, 0.4) is 0 Å². The van der Waals surface area contributed by atoms with Gasteiger partial charge in [0.1, 0.15) is 5.75 Å². The number of hydrogen-bond donors (Lipinski definition) is 0. The van der Waals surface area contributed by atoms with Crippen LogP contribution in [-0.4, -0.2) is 43.4 Å². The number of hydrogen-bond acceptors (Lipinski definition) is 2. The number of likely N-dealkylation sites (tertiary alicyclic amines) is 1. The lowest BCUT2D eigenvalue weighted by Crippen LogP contribution is -2.52. The molecule has 128 valence electrons. The van der Waals surface area contributed by atoms with Gasteiger partial charge in [-0.15, -0.1) is 0 Å². The van der Waals surface area contributed by atoms with Crippen LogP contribution >= 0.6 is 0 Å². The van der Waals surface area contributed by atoms with Gasteiger partial charge >= 0.3 is 12.4 Å². The number of amides is 1. The number of carbonyl (C=O) groups excluding carboxylic acids is 1. The first kappa shape index (κ1) is 17.4. The third-order valence-electron chi connectivity index (χ3n) is 3.98. The van der Waals surface area contributed by atoms with E-state index in [4.69, 9.17) is 4.74 Å². The van der Waals surface area contributed by atoms with Crippen molar-refractivity contribution >= 4 is 5.91 Å². The Morgan fingerprint density at radius 1 is 1.09 bits per heavy atom. The van der Waals surface area contributed by atoms with Crippen molar-refractivity contribution < 1.29 is 35.9 Å². The molecule has 23 heavy (non-hydrogen) atoms. The van der Waals surface area contributed by atoms with E-state index in [0.717, 1.165) is 0 Å². The molecule has 1 aromatic rings. The highest BCUT2D eigenvalue weighted by Gasteiger charge is 2.72. The molecule has 9 heteroatoms. The highest BCUT2D eigenvalue weighted by molar-refractivity contribution is 5.94. The first-order valence-electron chi connectivity index (χ1n) is 6.58. The quantitative estimate of drug-likeness (QED) is 0.769. The van der Waals surface area contributed by atoms with E-state index in [9.17, 15) is 31.1 Å². The average Bonchev–Trinajstić information content (AvgIpc) is 2.92. The molecular weight excluding hydrogens is 328 g/mol. The molecule has 1 aliphatic heterocycles. The van der Waals surface area contributed by atoms with Gasteiger partial charge in [-0.2, -0.15) is 26.3 Å². The van der Waals surface area contributed by atoms with Crippen LogP contribution in [0.25, 0.3) is 0 Å². The summed E-state index contributed by atoms with van der Waals surface area (Å²) in [6.07, 6.45) is -12.1. The predicted octanol–water partition coefficient (Wildman–Crippen LogP) is 3.65. The first-order valence-corrected chi connectivity index (χ1v) is 6.58. The lowest BCUT2D eigenvalue weighted by atomic mass is 9.85. The smallest absolute Gasteiger partial charge is 0.404 e. The molecule has 0 bridgehead atoms. The Bertz CT molecular complexity index is 564. The molecular formula is C14H13F6NO2. The van der Waals surface area contributed by atoms with Gasteiger partial charge in [-0.1, -0.05) is 0 Å². The van der Waals surface area contributed by atoms with Gasteiger partial charge in [-0.3, -0.25) is 4.79 Å². The van der Waals surface area contributed by atoms with Crippen molar-refractivity contribution in [1.82, 2.24) is 4.90 Å². The maximum atomic E-state index is 13.0. The maximum Gasteiger partial charge on any atom is 0.404 e. The van der Waals surface area contributed by atoms with Crippen molar-refractivity contribution in [3.63, 3.8) is 0 Å². The second-order valence-electron chi connectivity index (χ2n) is 5.28. The predicted molar refractivity (Wildman–Crippen MR) is 68.1 cm³/mol. The van der Waals surface area contributed by atoms with Crippen molar-refractivity contribution in [2.75, 3.05) is 20.2 Å². The minimum absolute atomic E-state index is 0.00551. The number of halogens is 6. The minimum Gasteiger partial charge on any atom is -0.497 e. The Hall–Kier alpha value is -1.93. The fraction of sp³-hybridized carbons (Fsp3) is 0.500. The number of methoxy groups -OCH3 is 1. The van der Waals surface area contributed by atoms with E-state index in [1.54, 1.807) is 0 Å². The molecule has 0 aromatic heterocycles. The number of alkyl halides is 6. The normalized spacial score (nSPS) is 18.1. The summed E-state index contributed by atoms with van der Waals surface area (Å²) in [7, 11) is 1.39. The maximum absolute atomic E-state index is 13.0. The number of benzene rings is 1. The van der Waals surface area contributed by atoms with E-state index in [2.05, 4.69) is 0 Å². The minimum atomic E-state index is -5.47. The van der Waals surface area contributed by atoms with Crippen molar-refractivity contribution in [2.24, 2.45) is 5.41 Å². The van der Waals surface area contributed by atoms with Crippen LogP contribution in [0.2, 0.25) is 0 Å². The highest BCUT2D eigenvalue weighted by atomic mass is 19.4. The van der Waals surface area contributed by atoms with Gasteiger partial charge in [0.15, 0.2) is 5.41 Å². The van der Waals surface area contributed by atoms with Crippen LogP contribution in [0, 0.1) is 5.41 Å². The van der Waals surface area contributed by atoms with Crippen molar-refractivity contribution in [1.29, 1.82) is 0 Å². The second kappa shape index (κ2) is 5.61. The molecule has 1 heterocycles. The molecule has 0 radical (unpaired) electrons. The van der Waals surface area contributed by atoms with Gasteiger partial charge < -0.3 is 9.64 Å². The van der Waals surface area contributed by atoms with Crippen molar-refractivity contribution in [2.45, 2.75) is 18.8 Å². The van der Waals surface area contributed by atoms with Gasteiger partial charge in [0.25, 0.3) is 5.91 Å². The Kier molecular flexibility index (Phi) is 4.25. The molecule has 1 aromatic carbocycles. The topological polar surface area (TPSA) is 29.5 Å². The Morgan fingerprint density at radius 2 is 1.61 bits per heavy atom. The second-order valence-corrected chi connectivity index (χ2v) is 5.28. The summed E-state index contributed by atoms with van der Waals surface area (Å²) in [4.78, 5) is 12.7. The summed E-state index contributed by atoms with van der Waals surface area (Å²) < 4.78 is 82.7. The third-order valence-corrected chi connectivity index (χ3v) is 3.98. The molecule has 0 N–H and O–H groups in total. The lowest BCUT2D eigenvalue weighted by Gasteiger charge is -2.33. The van der Waals surface area contributed by atoms with Gasteiger partial charge in [-0.25, -0.2) is 0 Å². The summed E-state index contributed by atoms with van der Waals surface area (Å²) in [5.41, 5.74) is -3.87. The molecule has 3 nitrogen and oxygen atoms in total. The molecule has 1 amide bonds. The Morgan fingerprint density at radius 3 is 2.00 bits per heavy atom. The van der Waals surface area contributed by atoms with Gasteiger partial charge in [0, 0.05) is 18.7 Å². The summed E-state index contributed by atoms with van der Waals surface area (Å²) in [5.74, 6) is -0.453. The van der Waals surface area contributed by atoms with Crippen molar-refractivity contribution in [3.8, 4) is 5.75 Å². The Labute approximate surface area is 127 Å². The third kappa shape index (κ3) is 2.96. The van der Waals surface area contributed by atoms with Crippen LogP contribution in [0.1, 0.15) is 16.8 Å². The fourth-order valence-corrected chi connectivity index (χ4v) is 2.52. The van der Waals surface area contributed by atoms with Crippen LogP contribution in [0.4, 0.5) is 26.3 Å². The molecule has 0 saturated carbocycles. The average molecular weight is 341 g/mol. The van der Waals surface area contributed by atoms with E-state index < -0.39 is 43.2 Å². The van der Waals surface area contributed by atoms with E-state index in [-0.39, 0.29) is 5.56 Å². The molecule has 1 aliphatic rings. The monoisotopic (exact) mass is 341 g/mol. The summed E-state index contributed by atoms with van der Waals surface area (Å²) in [6.45, 7) is -2.03. The SMILES string of the molecule is COc1ccc(C(=O)N2CCC(C(F)(F)F)(C(F)(F)F)C2)cc1. The largest absolute Gasteiger partial charge is 0.497 e. The molecule has 2 rings (SSSR count). The summed E-state index contributed by atoms with van der Waals surface area (Å²) in [5, 5.41) is 0. The van der Waals surface area contributed by atoms with E-state index >= 15 is 0 Å². The zero-order chi connectivity index (χ0) is 17.5. The lowest BCUT2D eigenvalue weighted by molar-refractivity contribution is -0.334. The zero-order valence-corrected chi connectivity index (χ0v) is 12.0. The van der Waals surface area contributed by atoms with Gasteiger partial charge in [-0.05, 0) is 30.7 Å². The van der Waals surface area contributed by atoms with Crippen LogP contribution in [0.15, 0.2) is 24.3 Å². The molecule has 1 saturated heterocycles. The highest BCUT2D eigenvalue weighted by Crippen LogP contribution is 2.55. The van der Waals surface area contributed by atoms with Crippen molar-refractivity contribution in [3.05, 3.63) is 29.8 Å². The molecule has 1 fully saturated rings. The van der Waals surface area contributed by atoms with E-state index in [1.165, 1.54) is 31.4 Å². The van der Waals surface area contributed by atoms with Crippen LogP contribution < -0.4 is 4.74 Å². The number of ether oxygens (including phenoxy) is 1. The summed E-state index contributed by atoms with van der Waals surface area (Å²) >= 11 is 0.